The van der Waals surface area contributed by atoms with Crippen LogP contribution in [0.2, 0.25) is 0 Å². The van der Waals surface area contributed by atoms with Gasteiger partial charge in [-0.1, -0.05) is 18.2 Å². The van der Waals surface area contributed by atoms with Gasteiger partial charge < -0.3 is 14.8 Å². The number of nitrogens with zero attached hydrogens (tertiary/aromatic N) is 1. The van der Waals surface area contributed by atoms with Crippen molar-refractivity contribution in [3.63, 3.8) is 0 Å². The summed E-state index contributed by atoms with van der Waals surface area (Å²) in [6.45, 7) is 1.07. The summed E-state index contributed by atoms with van der Waals surface area (Å²) >= 11 is 1.35. The second-order valence-corrected chi connectivity index (χ2v) is 6.89. The van der Waals surface area contributed by atoms with Crippen LogP contribution < -0.4 is 14.8 Å². The van der Waals surface area contributed by atoms with Gasteiger partial charge in [-0.05, 0) is 36.2 Å². The number of hydrogen-bond acceptors (Lipinski definition) is 5. The van der Waals surface area contributed by atoms with Crippen molar-refractivity contribution in [1.29, 1.82) is 0 Å². The van der Waals surface area contributed by atoms with Crippen molar-refractivity contribution in [3.8, 4) is 22.8 Å². The summed E-state index contributed by atoms with van der Waals surface area (Å²) in [5.74, 6) is 0.936. The van der Waals surface area contributed by atoms with Gasteiger partial charge in [0.1, 0.15) is 19.0 Å². The summed E-state index contributed by atoms with van der Waals surface area (Å²) in [6.07, 6.45) is 0.540. The Morgan fingerprint density at radius 3 is 2.81 bits per heavy atom. The molecule has 5 nitrogen and oxygen atoms in total. The number of aryl methyl sites for hydroxylation is 1. The Balaban J connectivity index is 1.39. The first-order valence-electron chi connectivity index (χ1n) is 8.58. The Labute approximate surface area is 159 Å². The summed E-state index contributed by atoms with van der Waals surface area (Å²) in [5.41, 5.74) is 2.17. The molecular weight excluding hydrogens is 367 g/mol. The predicted molar refractivity (Wildman–Crippen MR) is 102 cm³/mol. The minimum atomic E-state index is -0.291. The smallest absolute Gasteiger partial charge is 0.226 e. The van der Waals surface area contributed by atoms with Gasteiger partial charge in [0.25, 0.3) is 0 Å². The Morgan fingerprint density at radius 1 is 1.15 bits per heavy atom. The largest absolute Gasteiger partial charge is 0.486 e. The molecule has 0 bridgehead atoms. The summed E-state index contributed by atoms with van der Waals surface area (Å²) in [7, 11) is 0. The number of carbonyl (C=O) groups is 1. The van der Waals surface area contributed by atoms with Crippen LogP contribution in [0.25, 0.3) is 11.3 Å². The molecule has 0 spiro atoms. The molecule has 0 fully saturated rings. The number of aromatic nitrogens is 1. The molecule has 3 aromatic rings. The zero-order valence-electron chi connectivity index (χ0n) is 14.4. The maximum atomic E-state index is 13.6. The molecule has 0 saturated heterocycles. The highest BCUT2D eigenvalue weighted by Gasteiger charge is 2.14. The Kier molecular flexibility index (Phi) is 5.02. The number of thiazole rings is 1. The van der Waals surface area contributed by atoms with E-state index < -0.39 is 0 Å². The summed E-state index contributed by atoms with van der Waals surface area (Å²) in [6, 6.07) is 12.1. The van der Waals surface area contributed by atoms with Gasteiger partial charge in [0.2, 0.25) is 5.91 Å². The number of carbonyl (C=O) groups excluding carboxylic acids is 1. The van der Waals surface area contributed by atoms with Crippen molar-refractivity contribution in [1.82, 2.24) is 4.98 Å². The highest BCUT2D eigenvalue weighted by Crippen LogP contribution is 2.35. The predicted octanol–water partition coefficient (Wildman–Crippen LogP) is 4.29. The molecule has 1 amide bonds. The van der Waals surface area contributed by atoms with Crippen molar-refractivity contribution < 1.29 is 18.7 Å². The quantitative estimate of drug-likeness (QED) is 0.713. The van der Waals surface area contributed by atoms with Crippen molar-refractivity contribution in [3.05, 3.63) is 59.2 Å². The second-order valence-electron chi connectivity index (χ2n) is 6.04. The van der Waals surface area contributed by atoms with E-state index in [1.807, 2.05) is 23.6 Å². The van der Waals surface area contributed by atoms with Crippen LogP contribution in [-0.4, -0.2) is 24.1 Å². The number of nitrogens with one attached hydrogen (secondary N) is 1. The van der Waals surface area contributed by atoms with Crippen LogP contribution in [0.5, 0.6) is 11.5 Å². The lowest BCUT2D eigenvalue weighted by atomic mass is 10.1. The van der Waals surface area contributed by atoms with Crippen molar-refractivity contribution >= 4 is 22.4 Å². The van der Waals surface area contributed by atoms with Gasteiger partial charge in [-0.15, -0.1) is 11.3 Å². The lowest BCUT2D eigenvalue weighted by Gasteiger charge is -2.18. The van der Waals surface area contributed by atoms with Crippen LogP contribution in [0.1, 0.15) is 12.0 Å². The number of amides is 1. The topological polar surface area (TPSA) is 60.5 Å². The van der Waals surface area contributed by atoms with E-state index in [0.717, 1.165) is 17.0 Å². The molecular formula is C20H17FN2O3S. The summed E-state index contributed by atoms with van der Waals surface area (Å²) < 4.78 is 24.7. The molecule has 0 saturated carbocycles. The third kappa shape index (κ3) is 4.09. The third-order valence-electron chi connectivity index (χ3n) is 4.17. The molecule has 0 radical (unpaired) electrons. The summed E-state index contributed by atoms with van der Waals surface area (Å²) in [5, 5.41) is 5.16. The Hall–Kier alpha value is -2.93. The van der Waals surface area contributed by atoms with E-state index >= 15 is 0 Å². The molecule has 1 aliphatic heterocycles. The standard InChI is InChI=1S/C20H17FN2O3S/c21-15-4-2-1-3-13(15)6-8-19(24)23-20-22-16(12-27-20)14-5-7-17-18(11-14)26-10-9-25-17/h1-5,7,11-12H,6,8-10H2,(H,22,23,24). The van der Waals surface area contributed by atoms with Gasteiger partial charge in [-0.2, -0.15) is 0 Å². The maximum absolute atomic E-state index is 13.6. The van der Waals surface area contributed by atoms with E-state index in [9.17, 15) is 9.18 Å². The zero-order chi connectivity index (χ0) is 18.6. The van der Waals surface area contributed by atoms with E-state index in [1.165, 1.54) is 17.4 Å². The van der Waals surface area contributed by atoms with Gasteiger partial charge >= 0.3 is 0 Å². The van der Waals surface area contributed by atoms with Crippen molar-refractivity contribution in [2.75, 3.05) is 18.5 Å². The number of ether oxygens (including phenoxy) is 2. The fraction of sp³-hybridized carbons (Fsp3) is 0.200. The number of hydrogen-bond donors (Lipinski definition) is 1. The second kappa shape index (κ2) is 7.75. The number of fused-ring (bicyclic) bond motifs is 1. The Bertz CT molecular complexity index is 973. The third-order valence-corrected chi connectivity index (χ3v) is 4.93. The van der Waals surface area contributed by atoms with Crippen LogP contribution in [0, 0.1) is 5.82 Å². The molecule has 1 N–H and O–H groups in total. The fourth-order valence-electron chi connectivity index (χ4n) is 2.80. The molecule has 0 unspecified atom stereocenters. The molecule has 0 aliphatic carbocycles. The van der Waals surface area contributed by atoms with E-state index in [1.54, 1.807) is 18.2 Å². The lowest BCUT2D eigenvalue weighted by molar-refractivity contribution is -0.116. The number of benzene rings is 2. The SMILES string of the molecule is O=C(CCc1ccccc1F)Nc1nc(-c2ccc3c(c2)OCCO3)cs1. The average molecular weight is 384 g/mol. The highest BCUT2D eigenvalue weighted by atomic mass is 32.1. The van der Waals surface area contributed by atoms with Gasteiger partial charge in [-0.25, -0.2) is 9.37 Å². The lowest BCUT2D eigenvalue weighted by Crippen LogP contribution is -2.15. The van der Waals surface area contributed by atoms with Crippen LogP contribution in [-0.2, 0) is 11.2 Å². The van der Waals surface area contributed by atoms with E-state index in [4.69, 9.17) is 9.47 Å². The molecule has 138 valence electrons. The van der Waals surface area contributed by atoms with Gasteiger partial charge in [0.15, 0.2) is 16.6 Å². The zero-order valence-corrected chi connectivity index (χ0v) is 15.2. The van der Waals surface area contributed by atoms with Crippen LogP contribution in [0.3, 0.4) is 0 Å². The normalized spacial score (nSPS) is 12.6. The van der Waals surface area contributed by atoms with Crippen molar-refractivity contribution in [2.45, 2.75) is 12.8 Å². The van der Waals surface area contributed by atoms with Gasteiger partial charge in [0, 0.05) is 17.4 Å². The number of rotatable bonds is 5. The first kappa shape index (κ1) is 17.5. The van der Waals surface area contributed by atoms with Crippen LogP contribution in [0.4, 0.5) is 9.52 Å². The minimum absolute atomic E-state index is 0.193. The van der Waals surface area contributed by atoms with Gasteiger partial charge in [-0.3, -0.25) is 4.79 Å². The average Bonchev–Trinajstić information content (AvgIpc) is 3.15. The molecule has 1 aromatic heterocycles. The van der Waals surface area contributed by atoms with Crippen molar-refractivity contribution in [2.24, 2.45) is 0 Å². The fourth-order valence-corrected chi connectivity index (χ4v) is 3.53. The number of halogens is 1. The molecule has 27 heavy (non-hydrogen) atoms. The van der Waals surface area contributed by atoms with E-state index in [-0.39, 0.29) is 18.1 Å². The first-order chi connectivity index (χ1) is 13.2. The molecule has 4 rings (SSSR count). The maximum Gasteiger partial charge on any atom is 0.226 e. The van der Waals surface area contributed by atoms with Crippen LogP contribution >= 0.6 is 11.3 Å². The van der Waals surface area contributed by atoms with Crippen LogP contribution in [0.15, 0.2) is 47.8 Å². The molecule has 2 heterocycles. The molecule has 7 heteroatoms. The first-order valence-corrected chi connectivity index (χ1v) is 9.46. The Morgan fingerprint density at radius 2 is 1.96 bits per heavy atom. The molecule has 1 aliphatic rings. The minimum Gasteiger partial charge on any atom is -0.486 e. The van der Waals surface area contributed by atoms with E-state index in [0.29, 0.717) is 36.1 Å². The van der Waals surface area contributed by atoms with E-state index in [2.05, 4.69) is 10.3 Å². The van der Waals surface area contributed by atoms with Gasteiger partial charge in [0.05, 0.1) is 5.69 Å². The molecule has 0 atom stereocenters. The number of anilines is 1. The molecule has 2 aromatic carbocycles. The monoisotopic (exact) mass is 384 g/mol. The summed E-state index contributed by atoms with van der Waals surface area (Å²) in [4.78, 5) is 16.6. The highest BCUT2D eigenvalue weighted by molar-refractivity contribution is 7.14.